The van der Waals surface area contributed by atoms with E-state index in [2.05, 4.69) is 4.18 Å². The summed E-state index contributed by atoms with van der Waals surface area (Å²) in [5.41, 5.74) is 0.889. The van der Waals surface area contributed by atoms with E-state index in [4.69, 9.17) is 11.6 Å². The molecular weight excluding hydrogens is 200 g/mol. The van der Waals surface area contributed by atoms with Crippen molar-refractivity contribution in [1.29, 1.82) is 0 Å². The van der Waals surface area contributed by atoms with E-state index in [0.717, 1.165) is 5.56 Å². The van der Waals surface area contributed by atoms with E-state index in [1.807, 2.05) is 6.92 Å². The van der Waals surface area contributed by atoms with E-state index in [1.165, 1.54) is 0 Å². The number of aryl methyl sites for hydroxylation is 1. The van der Waals surface area contributed by atoms with Gasteiger partial charge in [-0.3, -0.25) is 0 Å². The van der Waals surface area contributed by atoms with Gasteiger partial charge in [0.25, 0.3) is 0 Å². The monoisotopic (exact) mass is 205 g/mol. The third-order valence-corrected chi connectivity index (χ3v) is 1.87. The SMILES string of the molecule is Cc1ccc(Cl)c(OS(=O)[O-])c1. The molecule has 5 heteroatoms. The smallest absolute Gasteiger partial charge is 0.158 e. The topological polar surface area (TPSA) is 49.4 Å². The lowest BCUT2D eigenvalue weighted by molar-refractivity contribution is 0.440. The summed E-state index contributed by atoms with van der Waals surface area (Å²) in [5, 5.41) is 0.282. The molecule has 0 fully saturated rings. The number of hydrogen-bond donors (Lipinski definition) is 0. The first-order valence-corrected chi connectivity index (χ1v) is 4.51. The molecule has 0 saturated heterocycles. The van der Waals surface area contributed by atoms with E-state index in [1.54, 1.807) is 18.2 Å². The van der Waals surface area contributed by atoms with Crippen molar-refractivity contribution in [3.8, 4) is 5.75 Å². The highest BCUT2D eigenvalue weighted by Crippen LogP contribution is 2.25. The van der Waals surface area contributed by atoms with Crippen molar-refractivity contribution < 1.29 is 12.9 Å². The Morgan fingerprint density at radius 1 is 1.58 bits per heavy atom. The van der Waals surface area contributed by atoms with Crippen LogP contribution >= 0.6 is 11.6 Å². The molecule has 0 aliphatic carbocycles. The van der Waals surface area contributed by atoms with Crippen molar-refractivity contribution in [3.05, 3.63) is 28.8 Å². The molecule has 3 nitrogen and oxygen atoms in total. The molecule has 0 spiro atoms. The van der Waals surface area contributed by atoms with Crippen LogP contribution in [0.3, 0.4) is 0 Å². The van der Waals surface area contributed by atoms with Crippen LogP contribution in [-0.4, -0.2) is 8.76 Å². The molecule has 66 valence electrons. The van der Waals surface area contributed by atoms with Gasteiger partial charge in [-0.2, -0.15) is 0 Å². The van der Waals surface area contributed by atoms with Crippen LogP contribution < -0.4 is 4.18 Å². The number of rotatable bonds is 2. The second kappa shape index (κ2) is 3.89. The zero-order valence-corrected chi connectivity index (χ0v) is 7.82. The molecule has 1 unspecified atom stereocenters. The molecular formula is C7H6ClO3S-. The average molecular weight is 206 g/mol. The average Bonchev–Trinajstić information content (AvgIpc) is 1.96. The summed E-state index contributed by atoms with van der Waals surface area (Å²) in [6.07, 6.45) is 0. The molecule has 12 heavy (non-hydrogen) atoms. The highest BCUT2D eigenvalue weighted by Gasteiger charge is 2.00. The van der Waals surface area contributed by atoms with Crippen molar-refractivity contribution in [2.45, 2.75) is 6.92 Å². The summed E-state index contributed by atoms with van der Waals surface area (Å²) in [4.78, 5) is 0. The van der Waals surface area contributed by atoms with Gasteiger partial charge in [-0.05, 0) is 24.6 Å². The Hall–Kier alpha value is -0.580. The molecule has 1 rings (SSSR count). The Balaban J connectivity index is 2.97. The molecule has 0 radical (unpaired) electrons. The summed E-state index contributed by atoms with van der Waals surface area (Å²) in [5.74, 6) is 0.157. The van der Waals surface area contributed by atoms with Crippen LogP contribution in [0.5, 0.6) is 5.75 Å². The van der Waals surface area contributed by atoms with Crippen molar-refractivity contribution in [1.82, 2.24) is 0 Å². The maximum absolute atomic E-state index is 10.2. The largest absolute Gasteiger partial charge is 0.740 e. The van der Waals surface area contributed by atoms with E-state index in [-0.39, 0.29) is 10.8 Å². The molecule has 0 aliphatic heterocycles. The number of halogens is 1. The van der Waals surface area contributed by atoms with Gasteiger partial charge in [0.05, 0.1) is 5.02 Å². The van der Waals surface area contributed by atoms with Crippen LogP contribution in [-0.2, 0) is 11.4 Å². The van der Waals surface area contributed by atoms with E-state index >= 15 is 0 Å². The maximum atomic E-state index is 10.2. The standard InChI is InChI=1S/C7H7ClO3S/c1-5-2-3-6(8)7(4-5)11-12(9)10/h2-4H,1H3,(H,9,10)/p-1. The molecule has 1 aromatic rings. The molecule has 0 bridgehead atoms. The number of benzene rings is 1. The van der Waals surface area contributed by atoms with E-state index < -0.39 is 11.4 Å². The lowest BCUT2D eigenvalue weighted by atomic mass is 10.2. The van der Waals surface area contributed by atoms with Gasteiger partial charge in [0.1, 0.15) is 11.4 Å². The fourth-order valence-electron chi connectivity index (χ4n) is 0.748. The van der Waals surface area contributed by atoms with Gasteiger partial charge >= 0.3 is 0 Å². The minimum Gasteiger partial charge on any atom is -0.740 e. The summed E-state index contributed by atoms with van der Waals surface area (Å²) < 4.78 is 24.7. The van der Waals surface area contributed by atoms with Crippen LogP contribution in [0.2, 0.25) is 5.02 Å². The molecule has 0 saturated carbocycles. The molecule has 1 atom stereocenters. The van der Waals surface area contributed by atoms with Gasteiger partial charge in [0.2, 0.25) is 0 Å². The van der Waals surface area contributed by atoms with E-state index in [0.29, 0.717) is 0 Å². The second-order valence-electron chi connectivity index (χ2n) is 2.22. The second-order valence-corrected chi connectivity index (χ2v) is 3.20. The van der Waals surface area contributed by atoms with Gasteiger partial charge < -0.3 is 8.74 Å². The number of hydrogen-bond acceptors (Lipinski definition) is 3. The van der Waals surface area contributed by atoms with Crippen molar-refractivity contribution in [2.24, 2.45) is 0 Å². The Kier molecular flexibility index (Phi) is 3.08. The Morgan fingerprint density at radius 3 is 2.83 bits per heavy atom. The molecule has 0 aliphatic rings. The van der Waals surface area contributed by atoms with Gasteiger partial charge in [-0.25, -0.2) is 4.21 Å². The summed E-state index contributed by atoms with van der Waals surface area (Å²) in [6, 6.07) is 4.90. The van der Waals surface area contributed by atoms with Gasteiger partial charge in [0.15, 0.2) is 5.75 Å². The summed E-state index contributed by atoms with van der Waals surface area (Å²) >= 11 is 3.07. The van der Waals surface area contributed by atoms with Crippen LogP contribution in [0, 0.1) is 6.92 Å². The van der Waals surface area contributed by atoms with Crippen LogP contribution in [0.1, 0.15) is 5.56 Å². The third kappa shape index (κ3) is 2.48. The predicted molar refractivity (Wildman–Crippen MR) is 45.7 cm³/mol. The van der Waals surface area contributed by atoms with Crippen molar-refractivity contribution in [3.63, 3.8) is 0 Å². The first-order valence-electron chi connectivity index (χ1n) is 3.13. The van der Waals surface area contributed by atoms with Crippen molar-refractivity contribution >= 4 is 23.0 Å². The van der Waals surface area contributed by atoms with Crippen molar-refractivity contribution in [2.75, 3.05) is 0 Å². The lowest BCUT2D eigenvalue weighted by Crippen LogP contribution is -1.98. The fraction of sp³-hybridized carbons (Fsp3) is 0.143. The van der Waals surface area contributed by atoms with Gasteiger partial charge in [-0.15, -0.1) is 0 Å². The lowest BCUT2D eigenvalue weighted by Gasteiger charge is -2.08. The molecule has 1 aromatic carbocycles. The molecule has 0 amide bonds. The Morgan fingerprint density at radius 2 is 2.25 bits per heavy atom. The predicted octanol–water partition coefficient (Wildman–Crippen LogP) is 1.82. The maximum Gasteiger partial charge on any atom is 0.158 e. The van der Waals surface area contributed by atoms with Gasteiger partial charge in [0, 0.05) is 0 Å². The highest BCUT2D eigenvalue weighted by atomic mass is 35.5. The minimum absolute atomic E-state index is 0.157. The summed E-state index contributed by atoms with van der Waals surface area (Å²) in [6.45, 7) is 1.82. The molecule has 0 aromatic heterocycles. The quantitative estimate of drug-likeness (QED) is 0.692. The minimum atomic E-state index is -2.57. The Bertz CT molecular complexity index is 314. The van der Waals surface area contributed by atoms with E-state index in [9.17, 15) is 8.76 Å². The third-order valence-electron chi connectivity index (χ3n) is 1.24. The molecule has 0 heterocycles. The fourth-order valence-corrected chi connectivity index (χ4v) is 1.23. The van der Waals surface area contributed by atoms with Crippen LogP contribution in [0.4, 0.5) is 0 Å². The first-order chi connectivity index (χ1) is 5.59. The normalized spacial score (nSPS) is 12.6. The first kappa shape index (κ1) is 9.51. The van der Waals surface area contributed by atoms with Gasteiger partial charge in [-0.1, -0.05) is 17.7 Å². The Labute approximate surface area is 77.8 Å². The highest BCUT2D eigenvalue weighted by molar-refractivity contribution is 7.74. The van der Waals surface area contributed by atoms with Crippen LogP contribution in [0.15, 0.2) is 18.2 Å². The molecule has 0 N–H and O–H groups in total. The zero-order valence-electron chi connectivity index (χ0n) is 6.24. The van der Waals surface area contributed by atoms with Crippen LogP contribution in [0.25, 0.3) is 0 Å². The zero-order chi connectivity index (χ0) is 9.14. The summed E-state index contributed by atoms with van der Waals surface area (Å²) in [7, 11) is 0.